The molecule has 1 amide bonds. The quantitative estimate of drug-likeness (QED) is 0.542. The molecule has 2 rings (SSSR count). The summed E-state index contributed by atoms with van der Waals surface area (Å²) in [6.45, 7) is 3.75. The van der Waals surface area contributed by atoms with E-state index < -0.39 is 17.9 Å². The zero-order chi connectivity index (χ0) is 20.7. The van der Waals surface area contributed by atoms with Gasteiger partial charge in [-0.1, -0.05) is 59.6 Å². The van der Waals surface area contributed by atoms with Gasteiger partial charge in [0.25, 0.3) is 0 Å². The number of ether oxygens (including phenoxy) is 1. The molecule has 2 aromatic carbocycles. The van der Waals surface area contributed by atoms with Crippen molar-refractivity contribution in [3.63, 3.8) is 0 Å². The van der Waals surface area contributed by atoms with E-state index >= 15 is 0 Å². The lowest BCUT2D eigenvalue weighted by molar-refractivity contribution is -0.142. The Labute approximate surface area is 177 Å². The van der Waals surface area contributed by atoms with Crippen LogP contribution in [0, 0.1) is 5.92 Å². The van der Waals surface area contributed by atoms with Gasteiger partial charge in [0.15, 0.2) is 0 Å². The SMILES string of the molecule is CC(C)[C@H](NC(=O)/C=C/c1cc(Br)ccc1OCc1ccccc1Cl)C(=O)O. The van der Waals surface area contributed by atoms with Crippen LogP contribution in [0.2, 0.25) is 5.02 Å². The summed E-state index contributed by atoms with van der Waals surface area (Å²) < 4.78 is 6.69. The van der Waals surface area contributed by atoms with Crippen molar-refractivity contribution in [2.45, 2.75) is 26.5 Å². The van der Waals surface area contributed by atoms with Gasteiger partial charge in [0.1, 0.15) is 18.4 Å². The highest BCUT2D eigenvalue weighted by atomic mass is 79.9. The van der Waals surface area contributed by atoms with E-state index in [-0.39, 0.29) is 12.5 Å². The monoisotopic (exact) mass is 465 g/mol. The van der Waals surface area contributed by atoms with E-state index in [9.17, 15) is 14.7 Å². The lowest BCUT2D eigenvalue weighted by Gasteiger charge is -2.16. The Morgan fingerprint density at radius 3 is 2.61 bits per heavy atom. The summed E-state index contributed by atoms with van der Waals surface area (Å²) in [7, 11) is 0. The number of hydrogen-bond acceptors (Lipinski definition) is 3. The van der Waals surface area contributed by atoms with Crippen LogP contribution >= 0.6 is 27.5 Å². The molecule has 2 aromatic rings. The molecule has 0 aromatic heterocycles. The summed E-state index contributed by atoms with van der Waals surface area (Å²) in [4.78, 5) is 23.3. The van der Waals surface area contributed by atoms with Gasteiger partial charge in [0.05, 0.1) is 0 Å². The maximum Gasteiger partial charge on any atom is 0.326 e. The van der Waals surface area contributed by atoms with Crippen LogP contribution in [-0.2, 0) is 16.2 Å². The van der Waals surface area contributed by atoms with Crippen molar-refractivity contribution in [2.75, 3.05) is 0 Å². The lowest BCUT2D eigenvalue weighted by atomic mass is 10.0. The number of carboxylic acids is 1. The molecule has 0 aliphatic heterocycles. The van der Waals surface area contributed by atoms with Crippen LogP contribution in [0.3, 0.4) is 0 Å². The number of hydrogen-bond donors (Lipinski definition) is 2. The fourth-order valence-corrected chi connectivity index (χ4v) is 3.00. The van der Waals surface area contributed by atoms with Gasteiger partial charge in [-0.25, -0.2) is 4.79 Å². The molecule has 0 fully saturated rings. The first-order valence-electron chi connectivity index (χ1n) is 8.65. The number of carboxylic acid groups (broad SMARTS) is 1. The Hall–Kier alpha value is -2.31. The van der Waals surface area contributed by atoms with E-state index in [1.807, 2.05) is 30.3 Å². The van der Waals surface area contributed by atoms with Gasteiger partial charge >= 0.3 is 5.97 Å². The third-order valence-corrected chi connectivity index (χ3v) is 4.82. The van der Waals surface area contributed by atoms with Crippen molar-refractivity contribution >= 4 is 45.5 Å². The molecule has 7 heteroatoms. The fourth-order valence-electron chi connectivity index (χ4n) is 2.43. The molecule has 5 nitrogen and oxygen atoms in total. The van der Waals surface area contributed by atoms with Gasteiger partial charge in [-0.2, -0.15) is 0 Å². The molecule has 0 aliphatic carbocycles. The van der Waals surface area contributed by atoms with E-state index in [4.69, 9.17) is 16.3 Å². The Morgan fingerprint density at radius 1 is 1.25 bits per heavy atom. The number of carbonyl (C=O) groups excluding carboxylic acids is 1. The van der Waals surface area contributed by atoms with Crippen molar-refractivity contribution < 1.29 is 19.4 Å². The molecule has 148 valence electrons. The van der Waals surface area contributed by atoms with Crippen LogP contribution in [0.1, 0.15) is 25.0 Å². The molecule has 0 spiro atoms. The first kappa shape index (κ1) is 22.0. The zero-order valence-corrected chi connectivity index (χ0v) is 17.8. The molecule has 0 aliphatic rings. The van der Waals surface area contributed by atoms with Crippen molar-refractivity contribution in [2.24, 2.45) is 5.92 Å². The molecule has 0 radical (unpaired) electrons. The van der Waals surface area contributed by atoms with Gasteiger partial charge in [-0.05, 0) is 36.3 Å². The molecular formula is C21H21BrClNO4. The van der Waals surface area contributed by atoms with Crippen molar-refractivity contribution in [3.8, 4) is 5.75 Å². The third kappa shape index (κ3) is 6.39. The fraction of sp³-hybridized carbons (Fsp3) is 0.238. The molecule has 1 atom stereocenters. The standard InChI is InChI=1S/C21H21BrClNO4/c1-13(2)20(21(26)27)24-19(25)10-7-14-11-16(22)8-9-18(14)28-12-15-5-3-4-6-17(15)23/h3-11,13,20H,12H2,1-2H3,(H,24,25)(H,26,27)/b10-7+/t20-/m0/s1. The second-order valence-corrected chi connectivity index (χ2v) is 7.79. The van der Waals surface area contributed by atoms with Crippen LogP contribution in [0.4, 0.5) is 0 Å². The molecule has 0 bridgehead atoms. The number of rotatable bonds is 8. The first-order chi connectivity index (χ1) is 13.3. The van der Waals surface area contributed by atoms with Crippen LogP contribution in [0.15, 0.2) is 53.0 Å². The first-order valence-corrected chi connectivity index (χ1v) is 9.82. The molecule has 0 saturated heterocycles. The average Bonchev–Trinajstić information content (AvgIpc) is 2.64. The summed E-state index contributed by atoms with van der Waals surface area (Å²) in [5.41, 5.74) is 1.52. The van der Waals surface area contributed by atoms with Crippen LogP contribution in [-0.4, -0.2) is 23.0 Å². The minimum Gasteiger partial charge on any atom is -0.488 e. The second kappa shape index (κ2) is 10.3. The number of halogens is 2. The summed E-state index contributed by atoms with van der Waals surface area (Å²) in [5.74, 6) is -1.21. The largest absolute Gasteiger partial charge is 0.488 e. The number of amides is 1. The van der Waals surface area contributed by atoms with E-state index in [0.29, 0.717) is 16.3 Å². The molecule has 0 saturated carbocycles. The number of carbonyl (C=O) groups is 2. The van der Waals surface area contributed by atoms with Crippen molar-refractivity contribution in [3.05, 3.63) is 69.2 Å². The van der Waals surface area contributed by atoms with E-state index in [0.717, 1.165) is 10.0 Å². The normalized spacial score (nSPS) is 12.2. The topological polar surface area (TPSA) is 75.6 Å². The highest BCUT2D eigenvalue weighted by Gasteiger charge is 2.22. The molecule has 0 unspecified atom stereocenters. The smallest absolute Gasteiger partial charge is 0.326 e. The van der Waals surface area contributed by atoms with Gasteiger partial charge in [-0.15, -0.1) is 0 Å². The molecule has 28 heavy (non-hydrogen) atoms. The highest BCUT2D eigenvalue weighted by Crippen LogP contribution is 2.26. The van der Waals surface area contributed by atoms with Crippen molar-refractivity contribution in [1.29, 1.82) is 0 Å². The lowest BCUT2D eigenvalue weighted by Crippen LogP contribution is -2.43. The predicted molar refractivity (Wildman–Crippen MR) is 113 cm³/mol. The average molecular weight is 467 g/mol. The number of nitrogens with one attached hydrogen (secondary N) is 1. The van der Waals surface area contributed by atoms with E-state index in [1.54, 1.807) is 32.1 Å². The third-order valence-electron chi connectivity index (χ3n) is 3.96. The van der Waals surface area contributed by atoms with Gasteiger partial charge < -0.3 is 15.2 Å². The summed E-state index contributed by atoms with van der Waals surface area (Å²) in [6, 6.07) is 11.9. The van der Waals surface area contributed by atoms with Gasteiger partial charge in [0.2, 0.25) is 5.91 Å². The second-order valence-electron chi connectivity index (χ2n) is 6.46. The predicted octanol–water partition coefficient (Wildman–Crippen LogP) is 4.92. The molecule has 2 N–H and O–H groups in total. The Bertz CT molecular complexity index is 882. The Balaban J connectivity index is 2.13. The van der Waals surface area contributed by atoms with Crippen molar-refractivity contribution in [1.82, 2.24) is 5.32 Å². The Morgan fingerprint density at radius 2 is 1.96 bits per heavy atom. The van der Waals surface area contributed by atoms with Crippen LogP contribution < -0.4 is 10.1 Å². The zero-order valence-electron chi connectivity index (χ0n) is 15.5. The molecule has 0 heterocycles. The summed E-state index contributed by atoms with van der Waals surface area (Å²) >= 11 is 9.56. The summed E-state index contributed by atoms with van der Waals surface area (Å²) in [5, 5.41) is 12.3. The summed E-state index contributed by atoms with van der Waals surface area (Å²) in [6.07, 6.45) is 2.88. The number of benzene rings is 2. The maximum absolute atomic E-state index is 12.1. The Kier molecular flexibility index (Phi) is 8.08. The van der Waals surface area contributed by atoms with Gasteiger partial charge in [-0.3, -0.25) is 4.79 Å². The van der Waals surface area contributed by atoms with E-state index in [1.165, 1.54) is 6.08 Å². The maximum atomic E-state index is 12.1. The number of aliphatic carboxylic acids is 1. The minimum atomic E-state index is -1.07. The van der Waals surface area contributed by atoms with Crippen LogP contribution in [0.5, 0.6) is 5.75 Å². The van der Waals surface area contributed by atoms with Crippen LogP contribution in [0.25, 0.3) is 6.08 Å². The van der Waals surface area contributed by atoms with Gasteiger partial charge in [0, 0.05) is 26.7 Å². The highest BCUT2D eigenvalue weighted by molar-refractivity contribution is 9.10. The molecular weight excluding hydrogens is 446 g/mol. The minimum absolute atomic E-state index is 0.227. The van der Waals surface area contributed by atoms with E-state index in [2.05, 4.69) is 21.2 Å².